The Kier molecular flexibility index (Phi) is 5.64. The smallest absolute Gasteiger partial charge is 0.0251 e. The average molecular weight is 256 g/mol. The number of thioether (sulfide) groups is 1. The molecule has 2 N–H and O–H groups in total. The quantitative estimate of drug-likeness (QED) is 0.820. The highest BCUT2D eigenvalue weighted by molar-refractivity contribution is 7.99. The number of nitrogens with two attached hydrogens (primary N) is 1. The van der Waals surface area contributed by atoms with Gasteiger partial charge in [-0.1, -0.05) is 19.3 Å². The minimum absolute atomic E-state index is 0.631. The van der Waals surface area contributed by atoms with Gasteiger partial charge < -0.3 is 10.6 Å². The van der Waals surface area contributed by atoms with Gasteiger partial charge in [0.05, 0.1) is 0 Å². The molecule has 2 atom stereocenters. The molecule has 2 fully saturated rings. The van der Waals surface area contributed by atoms with Gasteiger partial charge in [-0.3, -0.25) is 0 Å². The summed E-state index contributed by atoms with van der Waals surface area (Å²) < 4.78 is 0. The van der Waals surface area contributed by atoms with Crippen LogP contribution in [-0.4, -0.2) is 42.6 Å². The zero-order valence-corrected chi connectivity index (χ0v) is 12.1. The van der Waals surface area contributed by atoms with Crippen LogP contribution in [0.1, 0.15) is 38.5 Å². The van der Waals surface area contributed by atoms with Crippen LogP contribution in [0.3, 0.4) is 0 Å². The summed E-state index contributed by atoms with van der Waals surface area (Å²) in [5, 5.41) is 0. The van der Waals surface area contributed by atoms with Gasteiger partial charge in [0, 0.05) is 19.1 Å². The molecule has 2 nitrogen and oxygen atoms in total. The van der Waals surface area contributed by atoms with Crippen molar-refractivity contribution >= 4 is 11.8 Å². The van der Waals surface area contributed by atoms with Crippen LogP contribution in [0.4, 0.5) is 0 Å². The fourth-order valence-electron chi connectivity index (χ4n) is 3.50. The van der Waals surface area contributed by atoms with Crippen LogP contribution in [0.25, 0.3) is 0 Å². The van der Waals surface area contributed by atoms with Gasteiger partial charge in [0.2, 0.25) is 0 Å². The number of nitrogens with zero attached hydrogens (tertiary/aromatic N) is 1. The molecule has 0 amide bonds. The Labute approximate surface area is 111 Å². The van der Waals surface area contributed by atoms with Crippen LogP contribution in [0.15, 0.2) is 0 Å². The fraction of sp³-hybridized carbons (Fsp3) is 1.00. The molecule has 3 heteroatoms. The third-order valence-electron chi connectivity index (χ3n) is 4.59. The van der Waals surface area contributed by atoms with Crippen molar-refractivity contribution in [1.29, 1.82) is 0 Å². The van der Waals surface area contributed by atoms with Crippen LogP contribution >= 0.6 is 11.8 Å². The first-order valence-corrected chi connectivity index (χ1v) is 8.44. The van der Waals surface area contributed by atoms with E-state index in [4.69, 9.17) is 5.73 Å². The van der Waals surface area contributed by atoms with Crippen molar-refractivity contribution in [3.05, 3.63) is 0 Å². The lowest BCUT2D eigenvalue weighted by Crippen LogP contribution is -2.45. The Hall–Kier alpha value is 0.270. The van der Waals surface area contributed by atoms with Gasteiger partial charge in [0.1, 0.15) is 0 Å². The molecular formula is C14H28N2S. The van der Waals surface area contributed by atoms with Crippen LogP contribution in [0.2, 0.25) is 0 Å². The lowest BCUT2D eigenvalue weighted by molar-refractivity contribution is 0.149. The summed E-state index contributed by atoms with van der Waals surface area (Å²) in [6.45, 7) is 2.12. The van der Waals surface area contributed by atoms with Crippen molar-refractivity contribution in [2.45, 2.75) is 44.6 Å². The van der Waals surface area contributed by atoms with Crippen molar-refractivity contribution in [1.82, 2.24) is 4.90 Å². The molecule has 0 radical (unpaired) electrons. The maximum absolute atomic E-state index is 6.01. The highest BCUT2D eigenvalue weighted by atomic mass is 32.2. The topological polar surface area (TPSA) is 29.3 Å². The summed E-state index contributed by atoms with van der Waals surface area (Å²) in [4.78, 5) is 2.58. The normalized spacial score (nSPS) is 28.8. The second-order valence-electron chi connectivity index (χ2n) is 5.87. The predicted molar refractivity (Wildman–Crippen MR) is 77.5 cm³/mol. The first-order valence-electron chi connectivity index (χ1n) is 7.29. The third-order valence-corrected chi connectivity index (χ3v) is 5.78. The van der Waals surface area contributed by atoms with Crippen LogP contribution in [0.5, 0.6) is 0 Å². The number of hydrogen-bond acceptors (Lipinski definition) is 3. The SMILES string of the molecule is CN(CC1CCCCC1)C(CN)C1CCSC1. The molecule has 2 rings (SSSR count). The standard InChI is InChI=1S/C14H28N2S/c1-16(10-12-5-3-2-4-6-12)14(9-15)13-7-8-17-11-13/h12-14H,2-11,15H2,1H3. The van der Waals surface area contributed by atoms with Crippen LogP contribution in [0, 0.1) is 11.8 Å². The number of rotatable bonds is 5. The molecule has 2 unspecified atom stereocenters. The van der Waals surface area contributed by atoms with E-state index in [1.807, 2.05) is 0 Å². The Morgan fingerprint density at radius 2 is 2.00 bits per heavy atom. The van der Waals surface area contributed by atoms with Crippen molar-refractivity contribution in [2.24, 2.45) is 17.6 Å². The minimum Gasteiger partial charge on any atom is -0.329 e. The Bertz CT molecular complexity index is 210. The molecule has 0 aromatic rings. The maximum atomic E-state index is 6.01. The maximum Gasteiger partial charge on any atom is 0.0251 e. The summed E-state index contributed by atoms with van der Waals surface area (Å²) in [6.07, 6.45) is 8.62. The van der Waals surface area contributed by atoms with Crippen molar-refractivity contribution in [3.63, 3.8) is 0 Å². The highest BCUT2D eigenvalue weighted by Crippen LogP contribution is 2.30. The zero-order chi connectivity index (χ0) is 12.1. The molecule has 0 spiro atoms. The fourth-order valence-corrected chi connectivity index (χ4v) is 4.83. The largest absolute Gasteiger partial charge is 0.329 e. The van der Waals surface area contributed by atoms with Crippen molar-refractivity contribution < 1.29 is 0 Å². The molecule has 0 aromatic heterocycles. The Morgan fingerprint density at radius 3 is 2.59 bits per heavy atom. The minimum atomic E-state index is 0.631. The van der Waals surface area contributed by atoms with Gasteiger partial charge in [-0.25, -0.2) is 0 Å². The highest BCUT2D eigenvalue weighted by Gasteiger charge is 2.28. The lowest BCUT2D eigenvalue weighted by Gasteiger charge is -2.35. The summed E-state index contributed by atoms with van der Waals surface area (Å²) >= 11 is 2.11. The molecule has 1 saturated heterocycles. The first-order chi connectivity index (χ1) is 8.31. The van der Waals surface area contributed by atoms with E-state index in [0.717, 1.165) is 18.4 Å². The molecular weight excluding hydrogens is 228 g/mol. The summed E-state index contributed by atoms with van der Waals surface area (Å²) in [5.41, 5.74) is 6.01. The van der Waals surface area contributed by atoms with E-state index in [1.54, 1.807) is 0 Å². The molecule has 1 aliphatic heterocycles. The summed E-state index contributed by atoms with van der Waals surface area (Å²) in [7, 11) is 2.30. The second kappa shape index (κ2) is 7.01. The first kappa shape index (κ1) is 13.7. The van der Waals surface area contributed by atoms with Crippen molar-refractivity contribution in [3.8, 4) is 0 Å². The molecule has 17 heavy (non-hydrogen) atoms. The monoisotopic (exact) mass is 256 g/mol. The molecule has 100 valence electrons. The van der Waals surface area contributed by atoms with Gasteiger partial charge in [0.15, 0.2) is 0 Å². The van der Waals surface area contributed by atoms with E-state index >= 15 is 0 Å². The third kappa shape index (κ3) is 3.87. The molecule has 1 heterocycles. The lowest BCUT2D eigenvalue weighted by atomic mass is 9.88. The van der Waals surface area contributed by atoms with E-state index in [9.17, 15) is 0 Å². The van der Waals surface area contributed by atoms with Gasteiger partial charge in [-0.05, 0) is 49.7 Å². The van der Waals surface area contributed by atoms with E-state index in [2.05, 4.69) is 23.7 Å². The van der Waals surface area contributed by atoms with E-state index in [-0.39, 0.29) is 0 Å². The van der Waals surface area contributed by atoms with Crippen molar-refractivity contribution in [2.75, 3.05) is 31.6 Å². The molecule has 1 aliphatic carbocycles. The van der Waals surface area contributed by atoms with E-state index in [0.29, 0.717) is 6.04 Å². The average Bonchev–Trinajstić information content (AvgIpc) is 2.85. The van der Waals surface area contributed by atoms with E-state index < -0.39 is 0 Å². The van der Waals surface area contributed by atoms with Crippen LogP contribution in [-0.2, 0) is 0 Å². The molecule has 1 saturated carbocycles. The van der Waals surface area contributed by atoms with Gasteiger partial charge >= 0.3 is 0 Å². The van der Waals surface area contributed by atoms with Gasteiger partial charge in [0.25, 0.3) is 0 Å². The Morgan fingerprint density at radius 1 is 1.24 bits per heavy atom. The van der Waals surface area contributed by atoms with E-state index in [1.165, 1.54) is 56.6 Å². The van der Waals surface area contributed by atoms with Crippen LogP contribution < -0.4 is 5.73 Å². The molecule has 2 aliphatic rings. The predicted octanol–water partition coefficient (Wildman–Crippen LogP) is 2.58. The molecule has 0 bridgehead atoms. The molecule has 0 aromatic carbocycles. The zero-order valence-electron chi connectivity index (χ0n) is 11.2. The summed E-state index contributed by atoms with van der Waals surface area (Å²) in [6, 6.07) is 0.631. The second-order valence-corrected chi connectivity index (χ2v) is 7.02. The number of likely N-dealkylation sites (N-methyl/N-ethyl adjacent to an activating group) is 1. The Balaban J connectivity index is 1.80. The summed E-state index contributed by atoms with van der Waals surface area (Å²) in [5.74, 6) is 4.46. The number of hydrogen-bond donors (Lipinski definition) is 1. The van der Waals surface area contributed by atoms with Gasteiger partial charge in [-0.15, -0.1) is 0 Å². The van der Waals surface area contributed by atoms with Gasteiger partial charge in [-0.2, -0.15) is 11.8 Å².